The zero-order valence-electron chi connectivity index (χ0n) is 11.9. The normalized spacial score (nSPS) is 19.0. The second-order valence-electron chi connectivity index (χ2n) is 4.98. The molecule has 1 atom stereocenters. The van der Waals surface area contributed by atoms with Gasteiger partial charge in [-0.25, -0.2) is 4.98 Å². The number of nitrogens with one attached hydrogen (secondary N) is 2. The number of aromatic amines is 1. The molecule has 7 heteroatoms. The van der Waals surface area contributed by atoms with Crippen molar-refractivity contribution in [1.82, 2.24) is 20.5 Å². The number of thioether (sulfide) groups is 1. The van der Waals surface area contributed by atoms with Crippen LogP contribution in [-0.4, -0.2) is 34.1 Å². The van der Waals surface area contributed by atoms with Gasteiger partial charge in [0.05, 0.1) is 6.54 Å². The van der Waals surface area contributed by atoms with E-state index in [4.69, 9.17) is 9.15 Å². The van der Waals surface area contributed by atoms with E-state index in [0.29, 0.717) is 0 Å². The predicted molar refractivity (Wildman–Crippen MR) is 80.1 cm³/mol. The molecular weight excluding hydrogens is 288 g/mol. The van der Waals surface area contributed by atoms with E-state index in [2.05, 4.69) is 20.5 Å². The molecule has 1 aliphatic rings. The van der Waals surface area contributed by atoms with E-state index in [1.54, 1.807) is 11.8 Å². The molecular formula is C14H20N4O2S. The molecule has 0 spiro atoms. The molecule has 0 bridgehead atoms. The summed E-state index contributed by atoms with van der Waals surface area (Å²) in [7, 11) is 0. The molecule has 1 aliphatic heterocycles. The second kappa shape index (κ2) is 7.63. The average molecular weight is 308 g/mol. The smallest absolute Gasteiger partial charge is 0.183 e. The summed E-state index contributed by atoms with van der Waals surface area (Å²) in [5.41, 5.74) is 0. The van der Waals surface area contributed by atoms with E-state index in [1.807, 2.05) is 12.1 Å². The first-order valence-electron chi connectivity index (χ1n) is 7.31. The summed E-state index contributed by atoms with van der Waals surface area (Å²) in [4.78, 5) is 4.06. The lowest BCUT2D eigenvalue weighted by Crippen LogP contribution is -2.16. The van der Waals surface area contributed by atoms with Crippen molar-refractivity contribution < 1.29 is 9.15 Å². The molecule has 0 amide bonds. The zero-order chi connectivity index (χ0) is 14.3. The fraction of sp³-hybridized carbons (Fsp3) is 0.571. The van der Waals surface area contributed by atoms with Gasteiger partial charge in [-0.2, -0.15) is 5.10 Å². The molecule has 6 nitrogen and oxygen atoms in total. The van der Waals surface area contributed by atoms with Crippen molar-refractivity contribution in [2.45, 2.75) is 37.1 Å². The summed E-state index contributed by atoms with van der Waals surface area (Å²) in [6.07, 6.45) is 5.11. The van der Waals surface area contributed by atoms with Gasteiger partial charge in [-0.1, -0.05) is 11.8 Å². The fourth-order valence-corrected chi connectivity index (χ4v) is 3.00. The Bertz CT molecular complexity index is 523. The number of ether oxygens (including phenoxy) is 1. The highest BCUT2D eigenvalue weighted by molar-refractivity contribution is 7.99. The molecule has 1 fully saturated rings. The molecule has 2 N–H and O–H groups in total. The monoisotopic (exact) mass is 308 g/mol. The lowest BCUT2D eigenvalue weighted by Gasteiger charge is -2.20. The van der Waals surface area contributed by atoms with E-state index in [1.165, 1.54) is 12.7 Å². The molecule has 0 saturated carbocycles. The quantitative estimate of drug-likeness (QED) is 0.604. The number of furan rings is 1. The third kappa shape index (κ3) is 4.33. The topological polar surface area (TPSA) is 76.0 Å². The minimum absolute atomic E-state index is 0.148. The van der Waals surface area contributed by atoms with Crippen LogP contribution in [0.2, 0.25) is 0 Å². The van der Waals surface area contributed by atoms with E-state index in [9.17, 15) is 0 Å². The molecule has 1 saturated heterocycles. The number of rotatable bonds is 7. The SMILES string of the molecule is c1n[nH]c(SCCNCc2ccc(C3CCCCO3)o2)n1. The standard InChI is InChI=1S/C14H20N4O2S/c1-2-7-19-12(3-1)13-5-4-11(20-13)9-15-6-8-21-14-16-10-17-18-14/h4-5,10,12,15H,1-3,6-9H2,(H,16,17,18). The lowest BCUT2D eigenvalue weighted by molar-refractivity contribution is 0.00123. The van der Waals surface area contributed by atoms with Crippen LogP contribution in [0.1, 0.15) is 36.9 Å². The van der Waals surface area contributed by atoms with Crippen LogP contribution >= 0.6 is 11.8 Å². The van der Waals surface area contributed by atoms with E-state index in [-0.39, 0.29) is 6.10 Å². The van der Waals surface area contributed by atoms with Gasteiger partial charge in [0.1, 0.15) is 24.0 Å². The molecule has 0 aromatic carbocycles. The number of hydrogen-bond donors (Lipinski definition) is 2. The maximum Gasteiger partial charge on any atom is 0.183 e. The maximum atomic E-state index is 5.85. The van der Waals surface area contributed by atoms with Gasteiger partial charge in [0.2, 0.25) is 0 Å². The van der Waals surface area contributed by atoms with Crippen molar-refractivity contribution in [2.24, 2.45) is 0 Å². The first-order chi connectivity index (χ1) is 10.4. The third-order valence-corrected chi connectivity index (χ3v) is 4.27. The van der Waals surface area contributed by atoms with Crippen molar-refractivity contribution >= 4 is 11.8 Å². The molecule has 2 aromatic rings. The van der Waals surface area contributed by atoms with Crippen LogP contribution in [0.4, 0.5) is 0 Å². The van der Waals surface area contributed by atoms with Crippen LogP contribution in [0.15, 0.2) is 28.0 Å². The van der Waals surface area contributed by atoms with E-state index >= 15 is 0 Å². The number of hydrogen-bond acceptors (Lipinski definition) is 6. The summed E-state index contributed by atoms with van der Waals surface area (Å²) in [5.74, 6) is 2.86. The van der Waals surface area contributed by atoms with Crippen LogP contribution in [-0.2, 0) is 11.3 Å². The summed E-state index contributed by atoms with van der Waals surface area (Å²) >= 11 is 1.65. The van der Waals surface area contributed by atoms with Crippen LogP contribution < -0.4 is 5.32 Å². The highest BCUT2D eigenvalue weighted by Crippen LogP contribution is 2.28. The first-order valence-corrected chi connectivity index (χ1v) is 8.29. The summed E-state index contributed by atoms with van der Waals surface area (Å²) in [6.45, 7) is 2.48. The average Bonchev–Trinajstić information content (AvgIpc) is 3.19. The number of nitrogens with zero attached hydrogens (tertiary/aromatic N) is 2. The zero-order valence-corrected chi connectivity index (χ0v) is 12.7. The maximum absolute atomic E-state index is 5.85. The van der Waals surface area contributed by atoms with Crippen LogP contribution in [0.5, 0.6) is 0 Å². The highest BCUT2D eigenvalue weighted by atomic mass is 32.2. The summed E-state index contributed by atoms with van der Waals surface area (Å²) in [5, 5.41) is 10.9. The highest BCUT2D eigenvalue weighted by Gasteiger charge is 2.19. The Morgan fingerprint density at radius 1 is 1.38 bits per heavy atom. The molecule has 1 unspecified atom stereocenters. The molecule has 3 heterocycles. The largest absolute Gasteiger partial charge is 0.462 e. The fourth-order valence-electron chi connectivity index (χ4n) is 2.32. The summed E-state index contributed by atoms with van der Waals surface area (Å²) in [6, 6.07) is 4.07. The molecule has 0 aliphatic carbocycles. The first kappa shape index (κ1) is 14.6. The summed E-state index contributed by atoms with van der Waals surface area (Å²) < 4.78 is 11.6. The van der Waals surface area contributed by atoms with Gasteiger partial charge >= 0.3 is 0 Å². The Kier molecular flexibility index (Phi) is 5.31. The second-order valence-corrected chi connectivity index (χ2v) is 6.06. The van der Waals surface area contributed by atoms with Crippen molar-refractivity contribution in [2.75, 3.05) is 18.9 Å². The number of aromatic nitrogens is 3. The van der Waals surface area contributed by atoms with E-state index in [0.717, 1.165) is 55.0 Å². The molecule has 0 radical (unpaired) electrons. The van der Waals surface area contributed by atoms with Gasteiger partial charge in [0.25, 0.3) is 0 Å². The minimum atomic E-state index is 0.148. The van der Waals surface area contributed by atoms with Crippen molar-refractivity contribution in [3.05, 3.63) is 30.0 Å². The predicted octanol–water partition coefficient (Wildman–Crippen LogP) is 2.52. The van der Waals surface area contributed by atoms with E-state index < -0.39 is 0 Å². The van der Waals surface area contributed by atoms with Gasteiger partial charge in [-0.3, -0.25) is 5.10 Å². The Hall–Kier alpha value is -1.31. The van der Waals surface area contributed by atoms with Gasteiger partial charge in [-0.05, 0) is 31.4 Å². The molecule has 114 valence electrons. The van der Waals surface area contributed by atoms with Crippen LogP contribution in [0, 0.1) is 0 Å². The minimum Gasteiger partial charge on any atom is -0.462 e. The Morgan fingerprint density at radius 3 is 3.19 bits per heavy atom. The van der Waals surface area contributed by atoms with Crippen LogP contribution in [0.25, 0.3) is 0 Å². The lowest BCUT2D eigenvalue weighted by atomic mass is 10.1. The Labute approximate surface area is 128 Å². The van der Waals surface area contributed by atoms with Crippen molar-refractivity contribution in [1.29, 1.82) is 0 Å². The Balaban J connectivity index is 1.36. The third-order valence-electron chi connectivity index (χ3n) is 3.39. The molecule has 21 heavy (non-hydrogen) atoms. The van der Waals surface area contributed by atoms with Gasteiger partial charge in [-0.15, -0.1) is 0 Å². The number of H-pyrrole nitrogens is 1. The van der Waals surface area contributed by atoms with Gasteiger partial charge < -0.3 is 14.5 Å². The molecule has 3 rings (SSSR count). The van der Waals surface area contributed by atoms with Gasteiger partial charge in [0.15, 0.2) is 5.16 Å². The van der Waals surface area contributed by atoms with Crippen molar-refractivity contribution in [3.63, 3.8) is 0 Å². The van der Waals surface area contributed by atoms with Gasteiger partial charge in [0, 0.05) is 18.9 Å². The van der Waals surface area contributed by atoms with Crippen LogP contribution in [0.3, 0.4) is 0 Å². The Morgan fingerprint density at radius 2 is 2.38 bits per heavy atom. The molecule has 2 aromatic heterocycles. The van der Waals surface area contributed by atoms with Crippen molar-refractivity contribution in [3.8, 4) is 0 Å².